The van der Waals surface area contributed by atoms with Crippen molar-refractivity contribution >= 4 is 5.91 Å². The number of hydrogen-bond acceptors (Lipinski definition) is 3. The van der Waals surface area contributed by atoms with Crippen molar-refractivity contribution in [2.75, 3.05) is 6.79 Å². The van der Waals surface area contributed by atoms with Crippen molar-refractivity contribution < 1.29 is 14.3 Å². The molecule has 21 heavy (non-hydrogen) atoms. The largest absolute Gasteiger partial charge is 0.454 e. The van der Waals surface area contributed by atoms with Crippen LogP contribution in [0.1, 0.15) is 43.0 Å². The van der Waals surface area contributed by atoms with Gasteiger partial charge in [0.05, 0.1) is 0 Å². The molecule has 1 aromatic carbocycles. The van der Waals surface area contributed by atoms with Crippen molar-refractivity contribution in [2.45, 2.75) is 38.6 Å². The van der Waals surface area contributed by atoms with Gasteiger partial charge < -0.3 is 14.8 Å². The maximum absolute atomic E-state index is 12.4. The molecule has 0 unspecified atom stereocenters. The lowest BCUT2D eigenvalue weighted by atomic mass is 9.84. The Morgan fingerprint density at radius 1 is 1.24 bits per heavy atom. The van der Waals surface area contributed by atoms with E-state index in [1.807, 2.05) is 0 Å². The van der Waals surface area contributed by atoms with Crippen LogP contribution in [-0.2, 0) is 0 Å². The van der Waals surface area contributed by atoms with Crippen LogP contribution in [0.2, 0.25) is 0 Å². The summed E-state index contributed by atoms with van der Waals surface area (Å²) in [6.07, 6.45) is 5.39. The summed E-state index contributed by atoms with van der Waals surface area (Å²) in [7, 11) is 0. The Balaban J connectivity index is 1.43. The summed E-state index contributed by atoms with van der Waals surface area (Å²) in [4.78, 5) is 12.4. The van der Waals surface area contributed by atoms with Gasteiger partial charge in [0.25, 0.3) is 5.91 Å². The molecule has 3 aliphatic rings. The minimum Gasteiger partial charge on any atom is -0.454 e. The number of ether oxygens (including phenoxy) is 2. The first-order chi connectivity index (χ1) is 10.2. The van der Waals surface area contributed by atoms with Gasteiger partial charge in [-0.3, -0.25) is 4.79 Å². The Hall–Kier alpha value is -1.71. The lowest BCUT2D eigenvalue weighted by Crippen LogP contribution is -2.40. The first-order valence-corrected chi connectivity index (χ1v) is 7.91. The summed E-state index contributed by atoms with van der Waals surface area (Å²) in [6.45, 7) is 2.39. The second-order valence-corrected chi connectivity index (χ2v) is 6.67. The fourth-order valence-electron chi connectivity index (χ4n) is 4.34. The highest BCUT2D eigenvalue weighted by atomic mass is 16.7. The van der Waals surface area contributed by atoms with E-state index in [0.29, 0.717) is 23.0 Å². The SMILES string of the molecule is C[C@H](NC(=O)c1ccc2c(c1)OCO2)[C@H]1C[C@@H]2CC[C@@H]1C2. The number of fused-ring (bicyclic) bond motifs is 3. The van der Waals surface area contributed by atoms with Crippen molar-refractivity contribution in [3.05, 3.63) is 23.8 Å². The molecule has 2 fully saturated rings. The van der Waals surface area contributed by atoms with Gasteiger partial charge in [0, 0.05) is 11.6 Å². The maximum atomic E-state index is 12.4. The van der Waals surface area contributed by atoms with Crippen molar-refractivity contribution in [2.24, 2.45) is 17.8 Å². The molecule has 1 aromatic rings. The van der Waals surface area contributed by atoms with Crippen LogP contribution in [0.5, 0.6) is 11.5 Å². The van der Waals surface area contributed by atoms with E-state index in [1.165, 1.54) is 25.7 Å². The van der Waals surface area contributed by atoms with Crippen LogP contribution in [0.4, 0.5) is 0 Å². The third kappa shape index (κ3) is 2.27. The molecule has 1 heterocycles. The van der Waals surface area contributed by atoms with Gasteiger partial charge in [-0.1, -0.05) is 6.42 Å². The van der Waals surface area contributed by atoms with Gasteiger partial charge >= 0.3 is 0 Å². The van der Waals surface area contributed by atoms with Gasteiger partial charge in [-0.2, -0.15) is 0 Å². The van der Waals surface area contributed by atoms with E-state index < -0.39 is 0 Å². The summed E-state index contributed by atoms with van der Waals surface area (Å²) in [6, 6.07) is 5.62. The van der Waals surface area contributed by atoms with Gasteiger partial charge in [0.15, 0.2) is 11.5 Å². The Labute approximate surface area is 124 Å². The van der Waals surface area contributed by atoms with E-state index >= 15 is 0 Å². The summed E-state index contributed by atoms with van der Waals surface area (Å²) in [5.74, 6) is 3.75. The van der Waals surface area contributed by atoms with Gasteiger partial charge in [-0.15, -0.1) is 0 Å². The zero-order valence-electron chi connectivity index (χ0n) is 12.3. The zero-order chi connectivity index (χ0) is 14.4. The van der Waals surface area contributed by atoms with Crippen molar-refractivity contribution in [3.63, 3.8) is 0 Å². The van der Waals surface area contributed by atoms with Crippen molar-refractivity contribution in [1.82, 2.24) is 5.32 Å². The molecule has 0 aromatic heterocycles. The van der Waals surface area contributed by atoms with Crippen LogP contribution < -0.4 is 14.8 Å². The summed E-state index contributed by atoms with van der Waals surface area (Å²) in [5.41, 5.74) is 0.647. The highest BCUT2D eigenvalue weighted by Crippen LogP contribution is 2.49. The molecule has 4 atom stereocenters. The van der Waals surface area contributed by atoms with E-state index in [-0.39, 0.29) is 18.7 Å². The van der Waals surface area contributed by atoms with Crippen LogP contribution in [0.15, 0.2) is 18.2 Å². The Kier molecular flexibility index (Phi) is 3.05. The molecule has 1 N–H and O–H groups in total. The third-order valence-electron chi connectivity index (χ3n) is 5.43. The Morgan fingerprint density at radius 2 is 2.10 bits per heavy atom. The topological polar surface area (TPSA) is 47.6 Å². The molecule has 4 heteroatoms. The lowest BCUT2D eigenvalue weighted by molar-refractivity contribution is 0.0915. The quantitative estimate of drug-likeness (QED) is 0.929. The lowest BCUT2D eigenvalue weighted by Gasteiger charge is -2.28. The van der Waals surface area contributed by atoms with E-state index in [1.54, 1.807) is 18.2 Å². The van der Waals surface area contributed by atoms with E-state index in [2.05, 4.69) is 12.2 Å². The molecule has 2 aliphatic carbocycles. The Bertz CT molecular complexity index is 571. The summed E-state index contributed by atoms with van der Waals surface area (Å²) < 4.78 is 10.6. The smallest absolute Gasteiger partial charge is 0.251 e. The van der Waals surface area contributed by atoms with Crippen molar-refractivity contribution in [1.29, 1.82) is 0 Å². The number of carbonyl (C=O) groups excluding carboxylic acids is 1. The van der Waals surface area contributed by atoms with Gasteiger partial charge in [-0.05, 0) is 62.1 Å². The highest BCUT2D eigenvalue weighted by molar-refractivity contribution is 5.95. The second kappa shape index (κ2) is 4.93. The second-order valence-electron chi connectivity index (χ2n) is 6.67. The van der Waals surface area contributed by atoms with E-state index in [0.717, 1.165) is 11.8 Å². The molecule has 4 rings (SSSR count). The first-order valence-electron chi connectivity index (χ1n) is 7.91. The van der Waals surface area contributed by atoms with E-state index in [9.17, 15) is 4.79 Å². The standard InChI is InChI=1S/C17H21NO3/c1-10(14-7-11-2-3-12(14)6-11)18-17(19)13-4-5-15-16(8-13)21-9-20-15/h4-5,8,10-12,14H,2-3,6-7,9H2,1H3,(H,18,19)/t10-,11+,12+,14+/m0/s1. The van der Waals surface area contributed by atoms with Gasteiger partial charge in [0.2, 0.25) is 6.79 Å². The molecular formula is C17H21NO3. The summed E-state index contributed by atoms with van der Waals surface area (Å²) in [5, 5.41) is 3.18. The van der Waals surface area contributed by atoms with Crippen molar-refractivity contribution in [3.8, 4) is 11.5 Å². The number of hydrogen-bond donors (Lipinski definition) is 1. The van der Waals surface area contributed by atoms with Crippen LogP contribution >= 0.6 is 0 Å². The normalized spacial score (nSPS) is 30.4. The molecule has 0 saturated heterocycles. The predicted molar refractivity (Wildman–Crippen MR) is 78.4 cm³/mol. The number of rotatable bonds is 3. The predicted octanol–water partition coefficient (Wildman–Crippen LogP) is 2.97. The molecule has 112 valence electrons. The molecule has 4 nitrogen and oxygen atoms in total. The average molecular weight is 287 g/mol. The average Bonchev–Trinajstić information content (AvgIpc) is 3.21. The minimum absolute atomic E-state index is 0.0106. The molecule has 1 amide bonds. The molecule has 0 spiro atoms. The summed E-state index contributed by atoms with van der Waals surface area (Å²) >= 11 is 0. The zero-order valence-corrected chi connectivity index (χ0v) is 12.3. The van der Waals surface area contributed by atoms with Gasteiger partial charge in [-0.25, -0.2) is 0 Å². The number of carbonyl (C=O) groups is 1. The molecule has 0 radical (unpaired) electrons. The third-order valence-corrected chi connectivity index (χ3v) is 5.43. The maximum Gasteiger partial charge on any atom is 0.251 e. The Morgan fingerprint density at radius 3 is 2.86 bits per heavy atom. The number of amides is 1. The molecule has 1 aliphatic heterocycles. The molecule has 2 bridgehead atoms. The fourth-order valence-corrected chi connectivity index (χ4v) is 4.34. The first kappa shape index (κ1) is 13.0. The monoisotopic (exact) mass is 287 g/mol. The van der Waals surface area contributed by atoms with Crippen LogP contribution in [-0.4, -0.2) is 18.7 Å². The minimum atomic E-state index is -0.0106. The fraction of sp³-hybridized carbons (Fsp3) is 0.588. The van der Waals surface area contributed by atoms with Crippen LogP contribution in [0.3, 0.4) is 0 Å². The highest BCUT2D eigenvalue weighted by Gasteiger charge is 2.42. The molecular weight excluding hydrogens is 266 g/mol. The van der Waals surface area contributed by atoms with Crippen LogP contribution in [0, 0.1) is 17.8 Å². The molecule has 2 saturated carbocycles. The van der Waals surface area contributed by atoms with Gasteiger partial charge in [0.1, 0.15) is 0 Å². The van der Waals surface area contributed by atoms with E-state index in [4.69, 9.17) is 9.47 Å². The number of benzene rings is 1. The number of nitrogens with one attached hydrogen (secondary N) is 1. The van der Waals surface area contributed by atoms with Crippen LogP contribution in [0.25, 0.3) is 0 Å².